The highest BCUT2D eigenvalue weighted by Crippen LogP contribution is 2.30. The molecule has 178 valence electrons. The first-order valence-corrected chi connectivity index (χ1v) is 10.8. The summed E-state index contributed by atoms with van der Waals surface area (Å²) in [5.41, 5.74) is 0.352. The SMILES string of the molecule is O=C(NCC(=O)N(c1ccccc1F)[C@H](C(=O)NCc1ccco1)c1ccccc1)c1ccco1. The summed E-state index contributed by atoms with van der Waals surface area (Å²) < 4.78 is 25.2. The van der Waals surface area contributed by atoms with Crippen molar-refractivity contribution < 1.29 is 27.6 Å². The number of nitrogens with one attached hydrogen (secondary N) is 2. The molecule has 4 aromatic rings. The molecule has 9 heteroatoms. The molecule has 0 spiro atoms. The number of rotatable bonds is 9. The number of amides is 3. The maximum Gasteiger partial charge on any atom is 0.287 e. The molecule has 1 atom stereocenters. The van der Waals surface area contributed by atoms with Gasteiger partial charge in [0.15, 0.2) is 5.76 Å². The van der Waals surface area contributed by atoms with Crippen molar-refractivity contribution in [1.82, 2.24) is 10.6 Å². The normalized spacial score (nSPS) is 11.5. The van der Waals surface area contributed by atoms with Crippen LogP contribution >= 0.6 is 0 Å². The van der Waals surface area contributed by atoms with E-state index in [1.165, 1.54) is 42.9 Å². The van der Waals surface area contributed by atoms with Crippen molar-refractivity contribution in [3.63, 3.8) is 0 Å². The molecular formula is C26H22FN3O5. The highest BCUT2D eigenvalue weighted by Gasteiger charge is 2.34. The summed E-state index contributed by atoms with van der Waals surface area (Å²) in [6.45, 7) is -0.424. The molecule has 0 fully saturated rings. The molecule has 35 heavy (non-hydrogen) atoms. The molecule has 8 nitrogen and oxygen atoms in total. The number of furan rings is 2. The highest BCUT2D eigenvalue weighted by atomic mass is 19.1. The van der Waals surface area contributed by atoms with E-state index < -0.39 is 36.1 Å². The van der Waals surface area contributed by atoms with Gasteiger partial charge in [0, 0.05) is 0 Å². The smallest absolute Gasteiger partial charge is 0.287 e. The van der Waals surface area contributed by atoms with Gasteiger partial charge in [-0.05, 0) is 42.0 Å². The van der Waals surface area contributed by atoms with Crippen LogP contribution < -0.4 is 15.5 Å². The van der Waals surface area contributed by atoms with Crippen LogP contribution in [0.4, 0.5) is 10.1 Å². The van der Waals surface area contributed by atoms with E-state index in [0.717, 1.165) is 4.90 Å². The van der Waals surface area contributed by atoms with Gasteiger partial charge in [-0.25, -0.2) is 4.39 Å². The second kappa shape index (κ2) is 11.0. The van der Waals surface area contributed by atoms with Crippen LogP contribution in [0.1, 0.15) is 27.9 Å². The Labute approximate surface area is 200 Å². The Kier molecular flexibility index (Phi) is 7.37. The van der Waals surface area contributed by atoms with E-state index in [1.807, 2.05) is 0 Å². The van der Waals surface area contributed by atoms with Crippen molar-refractivity contribution in [3.05, 3.63) is 114 Å². The van der Waals surface area contributed by atoms with E-state index >= 15 is 0 Å². The van der Waals surface area contributed by atoms with Gasteiger partial charge in [-0.1, -0.05) is 42.5 Å². The molecule has 0 saturated heterocycles. The van der Waals surface area contributed by atoms with Gasteiger partial charge in [-0.2, -0.15) is 0 Å². The zero-order valence-electron chi connectivity index (χ0n) is 18.5. The second-order valence-electron chi connectivity index (χ2n) is 7.49. The number of nitrogens with zero attached hydrogens (tertiary/aromatic N) is 1. The van der Waals surface area contributed by atoms with E-state index in [2.05, 4.69) is 10.6 Å². The Morgan fingerprint density at radius 2 is 1.54 bits per heavy atom. The van der Waals surface area contributed by atoms with Gasteiger partial charge >= 0.3 is 0 Å². The van der Waals surface area contributed by atoms with Crippen LogP contribution in [0.3, 0.4) is 0 Å². The number of anilines is 1. The van der Waals surface area contributed by atoms with Crippen LogP contribution in [0.2, 0.25) is 0 Å². The van der Waals surface area contributed by atoms with E-state index in [0.29, 0.717) is 11.3 Å². The Balaban J connectivity index is 1.66. The monoisotopic (exact) mass is 475 g/mol. The van der Waals surface area contributed by atoms with Crippen molar-refractivity contribution in [2.75, 3.05) is 11.4 Å². The Hall–Kier alpha value is -4.66. The second-order valence-corrected chi connectivity index (χ2v) is 7.49. The Morgan fingerprint density at radius 3 is 2.23 bits per heavy atom. The lowest BCUT2D eigenvalue weighted by molar-refractivity contribution is -0.126. The van der Waals surface area contributed by atoms with Gasteiger partial charge < -0.3 is 19.5 Å². The molecule has 0 unspecified atom stereocenters. The fraction of sp³-hybridized carbons (Fsp3) is 0.115. The summed E-state index contributed by atoms with van der Waals surface area (Å²) in [6.07, 6.45) is 2.81. The van der Waals surface area contributed by atoms with Gasteiger partial charge in [-0.15, -0.1) is 0 Å². The molecule has 0 aliphatic heterocycles. The molecular weight excluding hydrogens is 453 g/mol. The van der Waals surface area contributed by atoms with Gasteiger partial charge in [0.25, 0.3) is 5.91 Å². The molecule has 3 amide bonds. The third-order valence-electron chi connectivity index (χ3n) is 5.16. The fourth-order valence-electron chi connectivity index (χ4n) is 3.54. The first-order chi connectivity index (χ1) is 17.0. The van der Waals surface area contributed by atoms with Crippen molar-refractivity contribution in [2.24, 2.45) is 0 Å². The molecule has 0 aliphatic carbocycles. The average Bonchev–Trinajstić information content (AvgIpc) is 3.60. The third-order valence-corrected chi connectivity index (χ3v) is 5.16. The number of hydrogen-bond donors (Lipinski definition) is 2. The molecule has 2 aromatic heterocycles. The molecule has 0 radical (unpaired) electrons. The summed E-state index contributed by atoms with van der Waals surface area (Å²) in [7, 11) is 0. The lowest BCUT2D eigenvalue weighted by atomic mass is 10.0. The quantitative estimate of drug-likeness (QED) is 0.383. The largest absolute Gasteiger partial charge is 0.467 e. The maximum absolute atomic E-state index is 14.9. The van der Waals surface area contributed by atoms with Crippen LogP contribution in [-0.2, 0) is 16.1 Å². The molecule has 0 bridgehead atoms. The third kappa shape index (κ3) is 5.64. The molecule has 2 heterocycles. The number of halogens is 1. The standard InChI is InChI=1S/C26H22FN3O5/c27-20-11-4-5-12-21(20)30(23(31)17-29-25(32)22-13-7-15-35-22)24(18-8-2-1-3-9-18)26(33)28-16-19-10-6-14-34-19/h1-15,24H,16-17H2,(H,28,33)(H,29,32)/t24-/m0/s1. The Bertz CT molecular complexity index is 1270. The zero-order chi connectivity index (χ0) is 24.6. The first-order valence-electron chi connectivity index (χ1n) is 10.8. The summed E-state index contributed by atoms with van der Waals surface area (Å²) in [4.78, 5) is 40.2. The Morgan fingerprint density at radius 1 is 0.829 bits per heavy atom. The molecule has 2 aromatic carbocycles. The highest BCUT2D eigenvalue weighted by molar-refractivity contribution is 6.04. The van der Waals surface area contributed by atoms with Crippen molar-refractivity contribution >= 4 is 23.4 Å². The minimum absolute atomic E-state index is 0.0195. The number of carbonyl (C=O) groups is 3. The summed E-state index contributed by atoms with van der Waals surface area (Å²) >= 11 is 0. The lowest BCUT2D eigenvalue weighted by Crippen LogP contribution is -2.47. The maximum atomic E-state index is 14.9. The predicted molar refractivity (Wildman–Crippen MR) is 125 cm³/mol. The van der Waals surface area contributed by atoms with Crippen molar-refractivity contribution in [3.8, 4) is 0 Å². The minimum Gasteiger partial charge on any atom is -0.467 e. The zero-order valence-corrected chi connectivity index (χ0v) is 18.5. The van der Waals surface area contributed by atoms with Crippen LogP contribution in [0.5, 0.6) is 0 Å². The van der Waals surface area contributed by atoms with Gasteiger partial charge in [-0.3, -0.25) is 19.3 Å². The van der Waals surface area contributed by atoms with Crippen molar-refractivity contribution in [2.45, 2.75) is 12.6 Å². The van der Waals surface area contributed by atoms with E-state index in [1.54, 1.807) is 48.5 Å². The number of para-hydroxylation sites is 1. The number of hydrogen-bond acceptors (Lipinski definition) is 5. The molecule has 0 saturated carbocycles. The first kappa shape index (κ1) is 23.5. The molecule has 2 N–H and O–H groups in total. The van der Waals surface area contributed by atoms with E-state index in [-0.39, 0.29) is 18.0 Å². The predicted octanol–water partition coefficient (Wildman–Crippen LogP) is 3.83. The van der Waals surface area contributed by atoms with Crippen molar-refractivity contribution in [1.29, 1.82) is 0 Å². The summed E-state index contributed by atoms with van der Waals surface area (Å²) in [5.74, 6) is -2.03. The van der Waals surface area contributed by atoms with E-state index in [9.17, 15) is 18.8 Å². The van der Waals surface area contributed by atoms with E-state index in [4.69, 9.17) is 8.83 Å². The summed E-state index contributed by atoms with van der Waals surface area (Å²) in [6, 6.07) is 19.3. The fourth-order valence-corrected chi connectivity index (χ4v) is 3.54. The molecule has 4 rings (SSSR count). The number of benzene rings is 2. The van der Waals surface area contributed by atoms with Gasteiger partial charge in [0.2, 0.25) is 11.8 Å². The van der Waals surface area contributed by atoms with Gasteiger partial charge in [0.05, 0.1) is 31.3 Å². The number of carbonyl (C=O) groups excluding carboxylic acids is 3. The van der Waals surface area contributed by atoms with Crippen LogP contribution in [-0.4, -0.2) is 24.3 Å². The topological polar surface area (TPSA) is 105 Å². The van der Waals surface area contributed by atoms with Gasteiger partial charge in [0.1, 0.15) is 17.6 Å². The average molecular weight is 475 g/mol. The summed E-state index contributed by atoms with van der Waals surface area (Å²) in [5, 5.41) is 5.21. The van der Waals surface area contributed by atoms with Crippen LogP contribution in [0, 0.1) is 5.82 Å². The van der Waals surface area contributed by atoms with Crippen LogP contribution in [0.15, 0.2) is 100 Å². The minimum atomic E-state index is -1.23. The lowest BCUT2D eigenvalue weighted by Gasteiger charge is -2.31. The van der Waals surface area contributed by atoms with Crippen LogP contribution in [0.25, 0.3) is 0 Å². The molecule has 0 aliphatic rings.